The Kier molecular flexibility index (Phi) is 4.29. The molecule has 0 aliphatic carbocycles. The first-order valence-electron chi connectivity index (χ1n) is 5.82. The average molecular weight is 254 g/mol. The number of hydrazone groups is 1. The lowest BCUT2D eigenvalue weighted by atomic mass is 10.2. The Morgan fingerprint density at radius 2 is 1.79 bits per heavy atom. The minimum atomic E-state index is -0.255. The van der Waals surface area contributed by atoms with Crippen molar-refractivity contribution in [1.82, 2.24) is 5.43 Å². The van der Waals surface area contributed by atoms with E-state index in [2.05, 4.69) is 10.5 Å². The number of rotatable bonds is 4. The van der Waals surface area contributed by atoms with E-state index in [0.29, 0.717) is 11.3 Å². The first kappa shape index (κ1) is 12.8. The number of benzene rings is 2. The number of ether oxygens (including phenoxy) is 1. The molecule has 1 N–H and O–H groups in total. The molecular weight excluding hydrogens is 240 g/mol. The molecule has 0 spiro atoms. The maximum absolute atomic E-state index is 11.8. The third-order valence-electron chi connectivity index (χ3n) is 2.53. The van der Waals surface area contributed by atoms with Crippen molar-refractivity contribution in [2.75, 3.05) is 7.11 Å². The summed E-state index contributed by atoms with van der Waals surface area (Å²) in [6, 6.07) is 16.4. The van der Waals surface area contributed by atoms with Crippen molar-refractivity contribution < 1.29 is 9.53 Å². The van der Waals surface area contributed by atoms with Crippen LogP contribution >= 0.6 is 0 Å². The molecule has 0 heterocycles. The summed E-state index contributed by atoms with van der Waals surface area (Å²) in [7, 11) is 1.58. The predicted octanol–water partition coefficient (Wildman–Crippen LogP) is 2.46. The molecule has 0 unspecified atom stereocenters. The highest BCUT2D eigenvalue weighted by molar-refractivity contribution is 5.94. The summed E-state index contributed by atoms with van der Waals surface area (Å²) in [4.78, 5) is 11.8. The minimum Gasteiger partial charge on any atom is -0.497 e. The van der Waals surface area contributed by atoms with Crippen LogP contribution in [0.3, 0.4) is 0 Å². The number of methoxy groups -OCH3 is 1. The standard InChI is InChI=1S/C15H14N2O2/c1-19-14-9-7-13(8-10-14)15(18)17-16-11-12-5-3-2-4-6-12/h2-11H,1H3,(H,17,18)/b16-11-. The smallest absolute Gasteiger partial charge is 0.271 e. The number of hydrogen-bond acceptors (Lipinski definition) is 3. The fourth-order valence-electron chi connectivity index (χ4n) is 1.51. The second-order valence-corrected chi connectivity index (χ2v) is 3.84. The zero-order chi connectivity index (χ0) is 13.5. The van der Waals surface area contributed by atoms with Gasteiger partial charge in [-0.25, -0.2) is 5.43 Å². The molecule has 1 amide bonds. The zero-order valence-electron chi connectivity index (χ0n) is 10.5. The van der Waals surface area contributed by atoms with E-state index in [4.69, 9.17) is 4.74 Å². The summed E-state index contributed by atoms with van der Waals surface area (Å²) in [6.07, 6.45) is 1.60. The molecule has 0 radical (unpaired) electrons. The summed E-state index contributed by atoms with van der Waals surface area (Å²) < 4.78 is 5.03. The molecule has 0 aromatic heterocycles. The molecule has 4 heteroatoms. The van der Waals surface area contributed by atoms with Crippen LogP contribution in [-0.4, -0.2) is 19.2 Å². The quantitative estimate of drug-likeness (QED) is 0.673. The number of hydrogen-bond donors (Lipinski definition) is 1. The van der Waals surface area contributed by atoms with E-state index in [9.17, 15) is 4.79 Å². The molecule has 0 fully saturated rings. The van der Waals surface area contributed by atoms with Crippen LogP contribution in [0.1, 0.15) is 15.9 Å². The van der Waals surface area contributed by atoms with Crippen LogP contribution in [0.25, 0.3) is 0 Å². The topological polar surface area (TPSA) is 50.7 Å². The SMILES string of the molecule is COc1ccc(C(=O)N/N=C\c2ccccc2)cc1. The van der Waals surface area contributed by atoms with Gasteiger partial charge in [-0.05, 0) is 29.8 Å². The molecule has 0 saturated heterocycles. The lowest BCUT2D eigenvalue weighted by Crippen LogP contribution is -2.17. The van der Waals surface area contributed by atoms with Crippen LogP contribution in [0.2, 0.25) is 0 Å². The lowest BCUT2D eigenvalue weighted by molar-refractivity contribution is 0.0955. The van der Waals surface area contributed by atoms with Gasteiger partial charge < -0.3 is 4.74 Å². The van der Waals surface area contributed by atoms with Gasteiger partial charge in [0.05, 0.1) is 13.3 Å². The summed E-state index contributed by atoms with van der Waals surface area (Å²) in [5.41, 5.74) is 3.94. The molecule has 2 aromatic rings. The van der Waals surface area contributed by atoms with Gasteiger partial charge in [-0.2, -0.15) is 5.10 Å². The van der Waals surface area contributed by atoms with E-state index >= 15 is 0 Å². The van der Waals surface area contributed by atoms with Gasteiger partial charge in [0, 0.05) is 5.56 Å². The van der Waals surface area contributed by atoms with Crippen LogP contribution in [0, 0.1) is 0 Å². The molecule has 0 aliphatic heterocycles. The van der Waals surface area contributed by atoms with Gasteiger partial charge in [-0.1, -0.05) is 30.3 Å². The Morgan fingerprint density at radius 1 is 1.11 bits per heavy atom. The van der Waals surface area contributed by atoms with Crippen molar-refractivity contribution >= 4 is 12.1 Å². The van der Waals surface area contributed by atoms with Gasteiger partial charge in [-0.15, -0.1) is 0 Å². The monoisotopic (exact) mass is 254 g/mol. The molecule has 2 rings (SSSR count). The first-order valence-corrected chi connectivity index (χ1v) is 5.82. The van der Waals surface area contributed by atoms with Crippen LogP contribution in [0.15, 0.2) is 59.7 Å². The van der Waals surface area contributed by atoms with Gasteiger partial charge in [0.15, 0.2) is 0 Å². The van der Waals surface area contributed by atoms with E-state index in [-0.39, 0.29) is 5.91 Å². The number of carbonyl (C=O) groups excluding carboxylic acids is 1. The van der Waals surface area contributed by atoms with Crippen molar-refractivity contribution in [2.24, 2.45) is 5.10 Å². The minimum absolute atomic E-state index is 0.255. The van der Waals surface area contributed by atoms with E-state index < -0.39 is 0 Å². The summed E-state index contributed by atoms with van der Waals surface area (Å²) in [5, 5.41) is 3.90. The molecule has 96 valence electrons. The van der Waals surface area contributed by atoms with Crippen molar-refractivity contribution in [1.29, 1.82) is 0 Å². The molecular formula is C15H14N2O2. The van der Waals surface area contributed by atoms with Gasteiger partial charge in [0.1, 0.15) is 5.75 Å². The van der Waals surface area contributed by atoms with Crippen molar-refractivity contribution in [3.8, 4) is 5.75 Å². The largest absolute Gasteiger partial charge is 0.497 e. The summed E-state index contributed by atoms with van der Waals surface area (Å²) in [5.74, 6) is 0.458. The average Bonchev–Trinajstić information content (AvgIpc) is 2.48. The number of nitrogens with one attached hydrogen (secondary N) is 1. The molecule has 4 nitrogen and oxygen atoms in total. The lowest BCUT2D eigenvalue weighted by Gasteiger charge is -2.02. The van der Waals surface area contributed by atoms with E-state index in [1.807, 2.05) is 30.3 Å². The van der Waals surface area contributed by atoms with Gasteiger partial charge >= 0.3 is 0 Å². The highest BCUT2D eigenvalue weighted by Crippen LogP contribution is 2.10. The molecule has 2 aromatic carbocycles. The maximum atomic E-state index is 11.8. The highest BCUT2D eigenvalue weighted by atomic mass is 16.5. The Morgan fingerprint density at radius 3 is 2.42 bits per heavy atom. The van der Waals surface area contributed by atoms with Crippen LogP contribution in [0.5, 0.6) is 5.75 Å². The van der Waals surface area contributed by atoms with E-state index in [0.717, 1.165) is 5.56 Å². The second kappa shape index (κ2) is 6.35. The second-order valence-electron chi connectivity index (χ2n) is 3.84. The van der Waals surface area contributed by atoms with E-state index in [1.54, 1.807) is 37.6 Å². The van der Waals surface area contributed by atoms with Crippen molar-refractivity contribution in [3.63, 3.8) is 0 Å². The number of nitrogens with zero attached hydrogens (tertiary/aromatic N) is 1. The molecule has 0 aliphatic rings. The maximum Gasteiger partial charge on any atom is 0.271 e. The first-order chi connectivity index (χ1) is 9.29. The van der Waals surface area contributed by atoms with Crippen molar-refractivity contribution in [3.05, 3.63) is 65.7 Å². The van der Waals surface area contributed by atoms with Gasteiger partial charge in [-0.3, -0.25) is 4.79 Å². The Bertz CT molecular complexity index is 562. The van der Waals surface area contributed by atoms with Crippen molar-refractivity contribution in [2.45, 2.75) is 0 Å². The van der Waals surface area contributed by atoms with E-state index in [1.165, 1.54) is 0 Å². The fourth-order valence-corrected chi connectivity index (χ4v) is 1.51. The normalized spacial score (nSPS) is 10.4. The highest BCUT2D eigenvalue weighted by Gasteiger charge is 2.03. The fraction of sp³-hybridized carbons (Fsp3) is 0.0667. The number of carbonyl (C=O) groups is 1. The molecule has 0 bridgehead atoms. The third-order valence-corrected chi connectivity index (χ3v) is 2.53. The zero-order valence-corrected chi connectivity index (χ0v) is 10.5. The summed E-state index contributed by atoms with van der Waals surface area (Å²) >= 11 is 0. The summed E-state index contributed by atoms with van der Waals surface area (Å²) in [6.45, 7) is 0. The predicted molar refractivity (Wildman–Crippen MR) is 74.5 cm³/mol. The molecule has 0 saturated carbocycles. The Hall–Kier alpha value is -2.62. The van der Waals surface area contributed by atoms with Crippen LogP contribution in [0.4, 0.5) is 0 Å². The third kappa shape index (κ3) is 3.67. The molecule has 19 heavy (non-hydrogen) atoms. The number of amides is 1. The van der Waals surface area contributed by atoms with Crippen LogP contribution in [-0.2, 0) is 0 Å². The Labute approximate surface area is 111 Å². The van der Waals surface area contributed by atoms with Gasteiger partial charge in [0.2, 0.25) is 0 Å². The van der Waals surface area contributed by atoms with Crippen LogP contribution < -0.4 is 10.2 Å². The van der Waals surface area contributed by atoms with Gasteiger partial charge in [0.25, 0.3) is 5.91 Å². The Balaban J connectivity index is 1.95. The molecule has 0 atom stereocenters.